The molecule has 18 heavy (non-hydrogen) atoms. The summed E-state index contributed by atoms with van der Waals surface area (Å²) in [6.07, 6.45) is 6.15. The molecule has 1 aromatic carbocycles. The topological polar surface area (TPSA) is 22.0 Å². The van der Waals surface area contributed by atoms with Crippen LogP contribution < -0.4 is 0 Å². The molecule has 2 heterocycles. The highest BCUT2D eigenvalue weighted by Crippen LogP contribution is 2.34. The molecule has 1 aliphatic heterocycles. The predicted octanol–water partition coefficient (Wildman–Crippen LogP) is 3.47. The maximum Gasteiger partial charge on any atom is 0.231 e. The minimum atomic E-state index is 0.206. The molecule has 0 bridgehead atoms. The summed E-state index contributed by atoms with van der Waals surface area (Å²) in [6, 6.07) is 10.3. The summed E-state index contributed by atoms with van der Waals surface area (Å²) in [5.41, 5.74) is 4.77. The van der Waals surface area contributed by atoms with Crippen molar-refractivity contribution in [1.82, 2.24) is 4.57 Å². The minimum absolute atomic E-state index is 0.206. The summed E-state index contributed by atoms with van der Waals surface area (Å²) >= 11 is 0. The summed E-state index contributed by atoms with van der Waals surface area (Å²) in [5, 5.41) is 0. The molecule has 0 amide bonds. The second-order valence-electron chi connectivity index (χ2n) is 4.60. The van der Waals surface area contributed by atoms with Crippen LogP contribution >= 0.6 is 0 Å². The molecule has 2 aromatic rings. The van der Waals surface area contributed by atoms with E-state index >= 15 is 0 Å². The third kappa shape index (κ3) is 1.61. The predicted molar refractivity (Wildman–Crippen MR) is 72.7 cm³/mol. The van der Waals surface area contributed by atoms with Gasteiger partial charge in [-0.15, -0.1) is 6.58 Å². The van der Waals surface area contributed by atoms with E-state index in [1.165, 1.54) is 16.7 Å². The van der Waals surface area contributed by atoms with Gasteiger partial charge in [-0.1, -0.05) is 36.4 Å². The van der Waals surface area contributed by atoms with Gasteiger partial charge in [-0.2, -0.15) is 0 Å². The molecule has 1 aromatic heterocycles. The highest BCUT2D eigenvalue weighted by molar-refractivity contribution is 5.87. The van der Waals surface area contributed by atoms with E-state index in [0.29, 0.717) is 6.42 Å². The lowest BCUT2D eigenvalue weighted by atomic mass is 9.98. The monoisotopic (exact) mass is 237 g/mol. The number of carbonyl (C=O) groups is 1. The molecule has 1 aliphatic rings. The SMILES string of the molecule is C=CCc1cn2c(c1-c1ccccc1)CCC2=O. The molecule has 0 aliphatic carbocycles. The Kier molecular flexibility index (Phi) is 2.63. The van der Waals surface area contributed by atoms with Gasteiger partial charge in [0.2, 0.25) is 5.91 Å². The van der Waals surface area contributed by atoms with Crippen LogP contribution in [0.2, 0.25) is 0 Å². The average molecular weight is 237 g/mol. The fourth-order valence-electron chi connectivity index (χ4n) is 2.68. The number of hydrogen-bond donors (Lipinski definition) is 0. The van der Waals surface area contributed by atoms with Gasteiger partial charge in [0.25, 0.3) is 0 Å². The van der Waals surface area contributed by atoms with Crippen molar-refractivity contribution in [2.75, 3.05) is 0 Å². The standard InChI is InChI=1S/C16H15NO/c1-2-6-13-11-17-14(9-10-15(17)18)16(13)12-7-4-3-5-8-12/h2-5,7-8,11H,1,6,9-10H2. The van der Waals surface area contributed by atoms with Crippen LogP contribution in [0.1, 0.15) is 22.5 Å². The van der Waals surface area contributed by atoms with Crippen molar-refractivity contribution in [3.05, 3.63) is 60.4 Å². The van der Waals surface area contributed by atoms with E-state index < -0.39 is 0 Å². The molecule has 0 saturated heterocycles. The van der Waals surface area contributed by atoms with Gasteiger partial charge in [0.15, 0.2) is 0 Å². The van der Waals surface area contributed by atoms with E-state index in [1.807, 2.05) is 35.0 Å². The summed E-state index contributed by atoms with van der Waals surface area (Å²) in [4.78, 5) is 11.8. The van der Waals surface area contributed by atoms with Gasteiger partial charge in [-0.05, 0) is 24.0 Å². The fourth-order valence-corrected chi connectivity index (χ4v) is 2.68. The first kappa shape index (κ1) is 11.0. The Bertz CT molecular complexity index is 608. The lowest BCUT2D eigenvalue weighted by molar-refractivity contribution is 0.0924. The van der Waals surface area contributed by atoms with Crippen molar-refractivity contribution < 1.29 is 4.79 Å². The van der Waals surface area contributed by atoms with E-state index in [0.717, 1.165) is 18.5 Å². The Hall–Kier alpha value is -2.09. The van der Waals surface area contributed by atoms with Crippen LogP contribution in [0.4, 0.5) is 0 Å². The maximum absolute atomic E-state index is 11.8. The Morgan fingerprint density at radius 3 is 2.72 bits per heavy atom. The lowest BCUT2D eigenvalue weighted by Gasteiger charge is -2.04. The molecule has 2 heteroatoms. The molecule has 2 nitrogen and oxygen atoms in total. The second-order valence-corrected chi connectivity index (χ2v) is 4.60. The van der Waals surface area contributed by atoms with Crippen molar-refractivity contribution >= 4 is 5.91 Å². The smallest absolute Gasteiger partial charge is 0.231 e. The van der Waals surface area contributed by atoms with Crippen LogP contribution in [0.15, 0.2) is 49.2 Å². The first-order valence-electron chi connectivity index (χ1n) is 6.24. The van der Waals surface area contributed by atoms with Gasteiger partial charge in [0.05, 0.1) is 0 Å². The third-order valence-electron chi connectivity index (χ3n) is 3.46. The van der Waals surface area contributed by atoms with Crippen LogP contribution in [-0.4, -0.2) is 10.5 Å². The molecule has 0 spiro atoms. The maximum atomic E-state index is 11.8. The average Bonchev–Trinajstić information content (AvgIpc) is 2.91. The van der Waals surface area contributed by atoms with E-state index in [1.54, 1.807) is 0 Å². The molecule has 0 fully saturated rings. The molecule has 0 saturated carbocycles. The van der Waals surface area contributed by atoms with Gasteiger partial charge in [0, 0.05) is 23.9 Å². The first-order chi connectivity index (χ1) is 8.81. The largest absolute Gasteiger partial charge is 0.291 e. The summed E-state index contributed by atoms with van der Waals surface area (Å²) in [6.45, 7) is 3.80. The number of fused-ring (bicyclic) bond motifs is 1. The zero-order chi connectivity index (χ0) is 12.5. The number of benzene rings is 1. The molecule has 0 N–H and O–H groups in total. The minimum Gasteiger partial charge on any atom is -0.291 e. The van der Waals surface area contributed by atoms with E-state index in [2.05, 4.69) is 18.7 Å². The van der Waals surface area contributed by atoms with Crippen LogP contribution in [-0.2, 0) is 12.8 Å². The summed E-state index contributed by atoms with van der Waals surface area (Å²) < 4.78 is 1.82. The van der Waals surface area contributed by atoms with Crippen LogP contribution in [0.25, 0.3) is 11.1 Å². The Morgan fingerprint density at radius 2 is 2.00 bits per heavy atom. The quantitative estimate of drug-likeness (QED) is 0.749. The number of rotatable bonds is 3. The van der Waals surface area contributed by atoms with E-state index in [9.17, 15) is 4.79 Å². The molecular formula is C16H15NO. The van der Waals surface area contributed by atoms with Crippen LogP contribution in [0.3, 0.4) is 0 Å². The number of nitrogens with zero attached hydrogens (tertiary/aromatic N) is 1. The van der Waals surface area contributed by atoms with Crippen molar-refractivity contribution in [3.63, 3.8) is 0 Å². The number of hydrogen-bond acceptors (Lipinski definition) is 1. The van der Waals surface area contributed by atoms with E-state index in [-0.39, 0.29) is 5.91 Å². The van der Waals surface area contributed by atoms with Gasteiger partial charge in [-0.25, -0.2) is 0 Å². The van der Waals surface area contributed by atoms with Gasteiger partial charge < -0.3 is 0 Å². The molecule has 0 radical (unpaired) electrons. The first-order valence-corrected chi connectivity index (χ1v) is 6.24. The van der Waals surface area contributed by atoms with Crippen LogP contribution in [0.5, 0.6) is 0 Å². The zero-order valence-corrected chi connectivity index (χ0v) is 10.2. The Labute approximate surface area is 107 Å². The molecule has 90 valence electrons. The lowest BCUT2D eigenvalue weighted by Crippen LogP contribution is -2.01. The van der Waals surface area contributed by atoms with Crippen molar-refractivity contribution in [3.8, 4) is 11.1 Å². The van der Waals surface area contributed by atoms with Crippen molar-refractivity contribution in [2.24, 2.45) is 0 Å². The Balaban J connectivity index is 2.21. The summed E-state index contributed by atoms with van der Waals surface area (Å²) in [5.74, 6) is 0.206. The number of aromatic nitrogens is 1. The normalized spacial score (nSPS) is 13.7. The van der Waals surface area contributed by atoms with Gasteiger partial charge in [-0.3, -0.25) is 9.36 Å². The fraction of sp³-hybridized carbons (Fsp3) is 0.188. The zero-order valence-electron chi connectivity index (χ0n) is 10.2. The highest BCUT2D eigenvalue weighted by Gasteiger charge is 2.25. The van der Waals surface area contributed by atoms with E-state index in [4.69, 9.17) is 0 Å². The second kappa shape index (κ2) is 4.30. The van der Waals surface area contributed by atoms with Gasteiger partial charge >= 0.3 is 0 Å². The molecular weight excluding hydrogens is 222 g/mol. The third-order valence-corrected chi connectivity index (χ3v) is 3.46. The Morgan fingerprint density at radius 1 is 1.22 bits per heavy atom. The van der Waals surface area contributed by atoms with Gasteiger partial charge in [0.1, 0.15) is 0 Å². The van der Waals surface area contributed by atoms with Crippen LogP contribution in [0, 0.1) is 0 Å². The molecule has 0 unspecified atom stereocenters. The number of allylic oxidation sites excluding steroid dienone is 1. The van der Waals surface area contributed by atoms with Crippen molar-refractivity contribution in [2.45, 2.75) is 19.3 Å². The van der Waals surface area contributed by atoms with Crippen molar-refractivity contribution in [1.29, 1.82) is 0 Å². The summed E-state index contributed by atoms with van der Waals surface area (Å²) in [7, 11) is 0. The number of carbonyl (C=O) groups excluding carboxylic acids is 1. The molecule has 3 rings (SSSR count). The highest BCUT2D eigenvalue weighted by atomic mass is 16.2. The molecule has 0 atom stereocenters.